The second kappa shape index (κ2) is 13.6. The summed E-state index contributed by atoms with van der Waals surface area (Å²) in [5, 5.41) is 21.8. The summed E-state index contributed by atoms with van der Waals surface area (Å²) >= 11 is 1.46. The number of thioether (sulfide) groups is 1. The van der Waals surface area contributed by atoms with Crippen LogP contribution in [0.25, 0.3) is 0 Å². The standard InChI is InChI=1S/C33H47F5O2S/c1-22-12-15-28-29-25(16-18-31(22,28)2)24-14-13-23(39)21-27(24)30(40)26(29)11-8-6-4-3-5-7-9-19-41-20-10-17-32(34,35)33(36,37)38/h13-14,21,25-26,28-30,39-40H,1,3-12,15-20H2,2H3/t25?,26-,28?,29?,30-,31+/m0/s1. The van der Waals surface area contributed by atoms with Crippen LogP contribution in [-0.2, 0) is 0 Å². The molecule has 2 N–H and O–H groups in total. The molecule has 0 amide bonds. The Labute approximate surface area is 246 Å². The number of aliphatic hydroxyl groups excluding tert-OH is 1. The van der Waals surface area contributed by atoms with E-state index < -0.39 is 24.6 Å². The number of aromatic hydroxyl groups is 1. The highest BCUT2D eigenvalue weighted by atomic mass is 32.2. The molecule has 2 nitrogen and oxygen atoms in total. The van der Waals surface area contributed by atoms with Crippen LogP contribution >= 0.6 is 11.8 Å². The summed E-state index contributed by atoms with van der Waals surface area (Å²) in [5.74, 6) is -1.62. The molecule has 4 rings (SSSR count). The van der Waals surface area contributed by atoms with Gasteiger partial charge in [-0.3, -0.25) is 0 Å². The van der Waals surface area contributed by atoms with Crippen molar-refractivity contribution in [2.24, 2.45) is 23.2 Å². The van der Waals surface area contributed by atoms with E-state index in [0.29, 0.717) is 23.5 Å². The van der Waals surface area contributed by atoms with Crippen molar-refractivity contribution in [1.82, 2.24) is 0 Å². The number of fused-ring (bicyclic) bond motifs is 5. The highest BCUT2D eigenvalue weighted by Crippen LogP contribution is 2.65. The van der Waals surface area contributed by atoms with E-state index in [9.17, 15) is 32.2 Å². The van der Waals surface area contributed by atoms with E-state index in [4.69, 9.17) is 0 Å². The molecule has 3 aliphatic rings. The van der Waals surface area contributed by atoms with E-state index in [0.717, 1.165) is 88.4 Å². The molecule has 0 heterocycles. The van der Waals surface area contributed by atoms with Crippen LogP contribution in [0.3, 0.4) is 0 Å². The van der Waals surface area contributed by atoms with Gasteiger partial charge >= 0.3 is 12.1 Å². The maximum atomic E-state index is 12.9. The van der Waals surface area contributed by atoms with Gasteiger partial charge in [-0.25, -0.2) is 0 Å². The Morgan fingerprint density at radius 2 is 1.59 bits per heavy atom. The van der Waals surface area contributed by atoms with Gasteiger partial charge in [-0.15, -0.1) is 0 Å². The Balaban J connectivity index is 1.17. The van der Waals surface area contributed by atoms with Crippen LogP contribution in [0.1, 0.15) is 120 Å². The molecule has 2 fully saturated rings. The van der Waals surface area contributed by atoms with Gasteiger partial charge in [0.05, 0.1) is 6.10 Å². The highest BCUT2D eigenvalue weighted by molar-refractivity contribution is 7.99. The summed E-state index contributed by atoms with van der Waals surface area (Å²) in [4.78, 5) is 0. The zero-order chi connectivity index (χ0) is 29.8. The van der Waals surface area contributed by atoms with Crippen LogP contribution in [-0.4, -0.2) is 33.8 Å². The molecule has 0 radical (unpaired) electrons. The lowest BCUT2D eigenvalue weighted by molar-refractivity contribution is -0.284. The number of aliphatic hydroxyl groups is 1. The van der Waals surface area contributed by atoms with Gasteiger partial charge < -0.3 is 10.2 Å². The van der Waals surface area contributed by atoms with Crippen molar-refractivity contribution in [1.29, 1.82) is 0 Å². The zero-order valence-electron chi connectivity index (χ0n) is 24.3. The molecular weight excluding hydrogens is 555 g/mol. The molecule has 41 heavy (non-hydrogen) atoms. The average molecular weight is 603 g/mol. The van der Waals surface area contributed by atoms with E-state index in [1.54, 1.807) is 12.1 Å². The Morgan fingerprint density at radius 1 is 0.927 bits per heavy atom. The van der Waals surface area contributed by atoms with Gasteiger partial charge in [0, 0.05) is 6.42 Å². The Bertz CT molecular complexity index is 1030. The number of unbranched alkanes of at least 4 members (excludes halogenated alkanes) is 6. The quantitative estimate of drug-likeness (QED) is 0.126. The largest absolute Gasteiger partial charge is 0.508 e. The molecule has 8 heteroatoms. The van der Waals surface area contributed by atoms with Gasteiger partial charge in [-0.05, 0) is 109 Å². The van der Waals surface area contributed by atoms with E-state index >= 15 is 0 Å². The van der Waals surface area contributed by atoms with Crippen molar-refractivity contribution in [3.63, 3.8) is 0 Å². The fourth-order valence-electron chi connectivity index (χ4n) is 8.12. The third kappa shape index (κ3) is 7.27. The molecule has 0 aliphatic heterocycles. The van der Waals surface area contributed by atoms with Crippen molar-refractivity contribution >= 4 is 11.8 Å². The summed E-state index contributed by atoms with van der Waals surface area (Å²) in [6.07, 6.45) is 5.76. The predicted molar refractivity (Wildman–Crippen MR) is 156 cm³/mol. The maximum absolute atomic E-state index is 12.9. The van der Waals surface area contributed by atoms with E-state index in [1.165, 1.54) is 22.9 Å². The topological polar surface area (TPSA) is 40.5 Å². The van der Waals surface area contributed by atoms with Gasteiger partial charge in [0.2, 0.25) is 0 Å². The van der Waals surface area contributed by atoms with Crippen LogP contribution in [0.4, 0.5) is 22.0 Å². The minimum Gasteiger partial charge on any atom is -0.508 e. The Morgan fingerprint density at radius 3 is 2.29 bits per heavy atom. The second-order valence-electron chi connectivity index (χ2n) is 13.0. The number of phenols is 1. The highest BCUT2D eigenvalue weighted by Gasteiger charge is 2.57. The molecule has 1 aromatic carbocycles. The summed E-state index contributed by atoms with van der Waals surface area (Å²) in [7, 11) is 0. The number of hydrogen-bond donors (Lipinski definition) is 2. The Kier molecular flexibility index (Phi) is 10.8. The third-order valence-electron chi connectivity index (χ3n) is 10.5. The van der Waals surface area contributed by atoms with Gasteiger partial charge in [0.1, 0.15) is 5.75 Å². The second-order valence-corrected chi connectivity index (χ2v) is 14.2. The first-order valence-electron chi connectivity index (χ1n) is 15.6. The van der Waals surface area contributed by atoms with Crippen molar-refractivity contribution in [2.75, 3.05) is 11.5 Å². The molecule has 2 saturated carbocycles. The summed E-state index contributed by atoms with van der Waals surface area (Å²) in [6, 6.07) is 5.59. The van der Waals surface area contributed by atoms with Crippen LogP contribution in [0.15, 0.2) is 30.4 Å². The molecule has 0 bridgehead atoms. The first-order chi connectivity index (χ1) is 19.4. The van der Waals surface area contributed by atoms with Gasteiger partial charge in [0.25, 0.3) is 0 Å². The molecule has 1 aromatic rings. The minimum absolute atomic E-state index is 0.129. The number of phenolic OH excluding ortho intramolecular Hbond substituents is 1. The first kappa shape index (κ1) is 32.6. The summed E-state index contributed by atoms with van der Waals surface area (Å²) in [6.45, 7) is 6.83. The molecular formula is C33H47F5O2S. The zero-order valence-corrected chi connectivity index (χ0v) is 25.1. The van der Waals surface area contributed by atoms with E-state index in [2.05, 4.69) is 13.5 Å². The normalized spacial score (nSPS) is 29.7. The number of alkyl halides is 5. The minimum atomic E-state index is -5.45. The molecule has 0 spiro atoms. The lowest BCUT2D eigenvalue weighted by atomic mass is 9.51. The molecule has 6 atom stereocenters. The fraction of sp³-hybridized carbons (Fsp3) is 0.758. The predicted octanol–water partition coefficient (Wildman–Crippen LogP) is 10.4. The fourth-order valence-corrected chi connectivity index (χ4v) is 9.08. The molecule has 232 valence electrons. The van der Waals surface area contributed by atoms with E-state index in [1.807, 2.05) is 6.07 Å². The SMILES string of the molecule is C=C1CCC2C3C(CC[C@]12C)c1ccc(O)cc1[C@@H](O)[C@H]3CCCCCCCCCSCCCC(F)(F)C(F)(F)F. The van der Waals surface area contributed by atoms with Gasteiger partial charge in [-0.1, -0.05) is 63.7 Å². The maximum Gasteiger partial charge on any atom is 0.453 e. The van der Waals surface area contributed by atoms with Gasteiger partial charge in [-0.2, -0.15) is 33.7 Å². The van der Waals surface area contributed by atoms with Crippen LogP contribution in [0.2, 0.25) is 0 Å². The number of benzene rings is 1. The van der Waals surface area contributed by atoms with Crippen molar-refractivity contribution in [3.8, 4) is 5.75 Å². The molecule has 3 aliphatic carbocycles. The number of allylic oxidation sites excluding steroid dienone is 1. The van der Waals surface area contributed by atoms with E-state index in [-0.39, 0.29) is 23.5 Å². The first-order valence-corrected chi connectivity index (χ1v) is 16.7. The van der Waals surface area contributed by atoms with Crippen LogP contribution in [0.5, 0.6) is 5.75 Å². The smallest absolute Gasteiger partial charge is 0.453 e. The van der Waals surface area contributed by atoms with Crippen LogP contribution in [0, 0.1) is 23.2 Å². The number of rotatable bonds is 14. The van der Waals surface area contributed by atoms with Crippen LogP contribution < -0.4 is 0 Å². The van der Waals surface area contributed by atoms with Crippen molar-refractivity contribution < 1.29 is 32.2 Å². The number of hydrogen-bond acceptors (Lipinski definition) is 3. The molecule has 3 unspecified atom stereocenters. The third-order valence-corrected chi connectivity index (χ3v) is 11.7. The molecule has 0 saturated heterocycles. The monoisotopic (exact) mass is 602 g/mol. The summed E-state index contributed by atoms with van der Waals surface area (Å²) < 4.78 is 62.5. The average Bonchev–Trinajstić information content (AvgIpc) is 3.21. The Hall–Kier alpha value is -1.28. The molecule has 0 aromatic heterocycles. The summed E-state index contributed by atoms with van der Waals surface area (Å²) in [5.41, 5.74) is 3.70. The lowest BCUT2D eigenvalue weighted by Gasteiger charge is -2.54. The lowest BCUT2D eigenvalue weighted by Crippen LogP contribution is -2.45. The van der Waals surface area contributed by atoms with Gasteiger partial charge in [0.15, 0.2) is 0 Å². The van der Waals surface area contributed by atoms with Crippen molar-refractivity contribution in [2.45, 2.75) is 121 Å². The van der Waals surface area contributed by atoms with Crippen molar-refractivity contribution in [3.05, 3.63) is 41.5 Å². The number of halogens is 5.